The summed E-state index contributed by atoms with van der Waals surface area (Å²) in [5, 5.41) is 3.02. The summed E-state index contributed by atoms with van der Waals surface area (Å²) < 4.78 is 1.06. The van der Waals surface area contributed by atoms with Gasteiger partial charge >= 0.3 is 0 Å². The third-order valence-corrected chi connectivity index (χ3v) is 4.65. The summed E-state index contributed by atoms with van der Waals surface area (Å²) in [6.45, 7) is 4.30. The number of rotatable bonds is 2. The van der Waals surface area contributed by atoms with Gasteiger partial charge in [0.15, 0.2) is 0 Å². The van der Waals surface area contributed by atoms with Crippen molar-refractivity contribution in [1.82, 2.24) is 10.3 Å². The number of amides is 1. The molecule has 2 heterocycles. The van der Waals surface area contributed by atoms with Gasteiger partial charge in [-0.2, -0.15) is 11.8 Å². The van der Waals surface area contributed by atoms with Crippen LogP contribution >= 0.6 is 27.7 Å². The quantitative estimate of drug-likeness (QED) is 0.878. The van der Waals surface area contributed by atoms with Crippen molar-refractivity contribution in [2.24, 2.45) is 0 Å². The second-order valence-corrected chi connectivity index (χ2v) is 6.76. The Morgan fingerprint density at radius 3 is 2.87 bits per heavy atom. The summed E-state index contributed by atoms with van der Waals surface area (Å²) in [5.41, 5.74) is 0.606. The zero-order chi connectivity index (χ0) is 11.1. The molecule has 3 nitrogen and oxygen atoms in total. The van der Waals surface area contributed by atoms with Crippen LogP contribution < -0.4 is 5.32 Å². The topological polar surface area (TPSA) is 44.9 Å². The van der Waals surface area contributed by atoms with Gasteiger partial charge in [0.05, 0.1) is 6.04 Å². The average molecular weight is 289 g/mol. The molecule has 0 saturated carbocycles. The molecule has 2 rings (SSSR count). The molecule has 1 fully saturated rings. The summed E-state index contributed by atoms with van der Waals surface area (Å²) in [6.07, 6.45) is 1.76. The standard InChI is InChI=1S/C10H13BrN2OS/c1-10(2)8(5-15-10)13-9(14)7-3-6(11)4-12-7/h3-4,8,12H,5H2,1-2H3,(H,13,14). The van der Waals surface area contributed by atoms with Gasteiger partial charge < -0.3 is 10.3 Å². The van der Waals surface area contributed by atoms with Crippen LogP contribution in [0.25, 0.3) is 0 Å². The van der Waals surface area contributed by atoms with Gasteiger partial charge in [0, 0.05) is 21.2 Å². The average Bonchev–Trinajstić information content (AvgIpc) is 2.59. The van der Waals surface area contributed by atoms with Crippen LogP contribution in [0.1, 0.15) is 24.3 Å². The first-order valence-corrected chi connectivity index (χ1v) is 6.55. The molecule has 15 heavy (non-hydrogen) atoms. The molecule has 1 atom stereocenters. The summed E-state index contributed by atoms with van der Waals surface area (Å²) in [7, 11) is 0. The molecule has 0 aromatic carbocycles. The predicted molar refractivity (Wildman–Crippen MR) is 66.3 cm³/mol. The van der Waals surface area contributed by atoms with E-state index >= 15 is 0 Å². The molecular formula is C10H13BrN2OS. The maximum Gasteiger partial charge on any atom is 0.268 e. The van der Waals surface area contributed by atoms with Crippen LogP contribution in [0.5, 0.6) is 0 Å². The molecule has 1 saturated heterocycles. The van der Waals surface area contributed by atoms with E-state index in [1.165, 1.54) is 0 Å². The summed E-state index contributed by atoms with van der Waals surface area (Å²) in [5.74, 6) is 0.972. The lowest BCUT2D eigenvalue weighted by Gasteiger charge is -2.43. The smallest absolute Gasteiger partial charge is 0.268 e. The number of hydrogen-bond donors (Lipinski definition) is 2. The fourth-order valence-corrected chi connectivity index (χ4v) is 2.94. The number of H-pyrrole nitrogens is 1. The number of carbonyl (C=O) groups excluding carboxylic acids is 1. The zero-order valence-electron chi connectivity index (χ0n) is 8.63. The number of hydrogen-bond acceptors (Lipinski definition) is 2. The monoisotopic (exact) mass is 288 g/mol. The number of nitrogens with one attached hydrogen (secondary N) is 2. The summed E-state index contributed by atoms with van der Waals surface area (Å²) in [6, 6.07) is 2.06. The fraction of sp³-hybridized carbons (Fsp3) is 0.500. The second-order valence-electron chi connectivity index (χ2n) is 4.17. The van der Waals surface area contributed by atoms with E-state index in [1.54, 1.807) is 12.3 Å². The van der Waals surface area contributed by atoms with Gasteiger partial charge in [-0.3, -0.25) is 4.79 Å². The highest BCUT2D eigenvalue weighted by atomic mass is 79.9. The van der Waals surface area contributed by atoms with Crippen molar-refractivity contribution in [2.75, 3.05) is 5.75 Å². The van der Waals surface area contributed by atoms with Gasteiger partial charge in [-0.25, -0.2) is 0 Å². The molecule has 1 unspecified atom stereocenters. The molecule has 82 valence electrons. The third-order valence-electron chi connectivity index (χ3n) is 2.66. The van der Waals surface area contributed by atoms with Crippen molar-refractivity contribution in [3.8, 4) is 0 Å². The van der Waals surface area contributed by atoms with Crippen LogP contribution in [0.3, 0.4) is 0 Å². The fourth-order valence-electron chi connectivity index (χ4n) is 1.45. The molecular weight excluding hydrogens is 276 g/mol. The normalized spacial score (nSPS) is 23.3. The third kappa shape index (κ3) is 2.23. The van der Waals surface area contributed by atoms with Crippen LogP contribution in [0.15, 0.2) is 16.7 Å². The van der Waals surface area contributed by atoms with E-state index in [4.69, 9.17) is 0 Å². The first-order chi connectivity index (χ1) is 6.99. The number of carbonyl (C=O) groups is 1. The SMILES string of the molecule is CC1(C)SCC1NC(=O)c1cc(Br)c[nH]1. The number of aromatic amines is 1. The van der Waals surface area contributed by atoms with E-state index in [-0.39, 0.29) is 16.7 Å². The Hall–Kier alpha value is -0.420. The predicted octanol–water partition coefficient (Wildman–Crippen LogP) is 2.40. The van der Waals surface area contributed by atoms with Crippen molar-refractivity contribution in [3.05, 3.63) is 22.4 Å². The van der Waals surface area contributed by atoms with Crippen LogP contribution in [-0.2, 0) is 0 Å². The largest absolute Gasteiger partial charge is 0.356 e. The molecule has 2 N–H and O–H groups in total. The second kappa shape index (κ2) is 3.87. The van der Waals surface area contributed by atoms with E-state index in [1.807, 2.05) is 11.8 Å². The minimum Gasteiger partial charge on any atom is -0.356 e. The Morgan fingerprint density at radius 1 is 1.73 bits per heavy atom. The zero-order valence-corrected chi connectivity index (χ0v) is 11.0. The number of aromatic nitrogens is 1. The van der Waals surface area contributed by atoms with Crippen molar-refractivity contribution in [3.63, 3.8) is 0 Å². The Morgan fingerprint density at radius 2 is 2.47 bits per heavy atom. The first kappa shape index (κ1) is 11.1. The highest BCUT2D eigenvalue weighted by Gasteiger charge is 2.40. The van der Waals surface area contributed by atoms with Crippen molar-refractivity contribution < 1.29 is 4.79 Å². The maximum atomic E-state index is 11.8. The first-order valence-electron chi connectivity index (χ1n) is 4.78. The molecule has 1 aromatic rings. The minimum atomic E-state index is -0.0286. The Labute approximate surface area is 102 Å². The molecule has 0 bridgehead atoms. The highest BCUT2D eigenvalue weighted by molar-refractivity contribution is 9.10. The molecule has 1 aromatic heterocycles. The van der Waals surface area contributed by atoms with Crippen LogP contribution in [-0.4, -0.2) is 27.4 Å². The van der Waals surface area contributed by atoms with Crippen LogP contribution in [0.4, 0.5) is 0 Å². The lowest BCUT2D eigenvalue weighted by Crippen LogP contribution is -2.56. The lowest BCUT2D eigenvalue weighted by atomic mass is 10.0. The van der Waals surface area contributed by atoms with Crippen molar-refractivity contribution >= 4 is 33.6 Å². The molecule has 1 aliphatic rings. The Bertz CT molecular complexity index is 389. The molecule has 0 spiro atoms. The van der Waals surface area contributed by atoms with Gasteiger partial charge in [0.25, 0.3) is 5.91 Å². The molecule has 1 aliphatic heterocycles. The number of halogens is 1. The van der Waals surface area contributed by atoms with Crippen molar-refractivity contribution in [2.45, 2.75) is 24.6 Å². The summed E-state index contributed by atoms with van der Waals surface area (Å²) in [4.78, 5) is 14.7. The van der Waals surface area contributed by atoms with E-state index in [2.05, 4.69) is 40.1 Å². The Balaban J connectivity index is 1.99. The van der Waals surface area contributed by atoms with Gasteiger partial charge in [0.1, 0.15) is 5.69 Å². The molecule has 1 amide bonds. The van der Waals surface area contributed by atoms with Gasteiger partial charge in [-0.15, -0.1) is 0 Å². The van der Waals surface area contributed by atoms with E-state index in [0.29, 0.717) is 5.69 Å². The molecule has 0 radical (unpaired) electrons. The minimum absolute atomic E-state index is 0.0286. The Kier molecular flexibility index (Phi) is 2.85. The maximum absolute atomic E-state index is 11.8. The van der Waals surface area contributed by atoms with Gasteiger partial charge in [0.2, 0.25) is 0 Å². The number of thioether (sulfide) groups is 1. The molecule has 0 aliphatic carbocycles. The highest BCUT2D eigenvalue weighted by Crippen LogP contribution is 2.39. The van der Waals surface area contributed by atoms with Crippen LogP contribution in [0, 0.1) is 0 Å². The van der Waals surface area contributed by atoms with Gasteiger partial charge in [-0.1, -0.05) is 0 Å². The van der Waals surface area contributed by atoms with E-state index < -0.39 is 0 Å². The van der Waals surface area contributed by atoms with E-state index in [0.717, 1.165) is 10.2 Å². The van der Waals surface area contributed by atoms with E-state index in [9.17, 15) is 4.79 Å². The lowest BCUT2D eigenvalue weighted by molar-refractivity contribution is 0.0927. The summed E-state index contributed by atoms with van der Waals surface area (Å²) >= 11 is 5.18. The van der Waals surface area contributed by atoms with Crippen molar-refractivity contribution in [1.29, 1.82) is 0 Å². The molecule has 5 heteroatoms. The van der Waals surface area contributed by atoms with Crippen LogP contribution in [0.2, 0.25) is 0 Å². The van der Waals surface area contributed by atoms with Gasteiger partial charge in [-0.05, 0) is 35.8 Å².